The normalized spacial score (nSPS) is 26.1. The van der Waals surface area contributed by atoms with Crippen molar-refractivity contribution in [1.82, 2.24) is 9.55 Å². The molecule has 0 bridgehead atoms. The van der Waals surface area contributed by atoms with Crippen molar-refractivity contribution < 1.29 is 14.3 Å². The predicted octanol–water partition coefficient (Wildman–Crippen LogP) is 0.0280. The molecule has 1 aromatic rings. The highest BCUT2D eigenvalue weighted by atomic mass is 16.6. The fourth-order valence-electron chi connectivity index (χ4n) is 2.25. The molecule has 2 heterocycles. The summed E-state index contributed by atoms with van der Waals surface area (Å²) in [5.74, 6) is -0.318. The van der Waals surface area contributed by atoms with E-state index >= 15 is 0 Å². The van der Waals surface area contributed by atoms with Crippen LogP contribution in [-0.2, 0) is 14.3 Å². The van der Waals surface area contributed by atoms with Crippen LogP contribution in [0.5, 0.6) is 0 Å². The van der Waals surface area contributed by atoms with Crippen LogP contribution in [0.3, 0.4) is 0 Å². The Morgan fingerprint density at radius 2 is 2.23 bits per heavy atom. The predicted molar refractivity (Wildman–Crippen MR) is 79.8 cm³/mol. The van der Waals surface area contributed by atoms with E-state index in [0.717, 1.165) is 0 Å². The molecule has 1 aliphatic rings. The number of rotatable bonds is 4. The Bertz CT molecular complexity index is 601. The number of anilines is 1. The zero-order valence-electron chi connectivity index (χ0n) is 12.9. The van der Waals surface area contributed by atoms with E-state index in [9.17, 15) is 9.59 Å². The second-order valence-corrected chi connectivity index (χ2v) is 5.82. The van der Waals surface area contributed by atoms with Crippen LogP contribution < -0.4 is 17.2 Å². The van der Waals surface area contributed by atoms with Crippen molar-refractivity contribution in [2.75, 3.05) is 5.73 Å². The van der Waals surface area contributed by atoms with Gasteiger partial charge in [0.05, 0.1) is 6.10 Å². The Kier molecular flexibility index (Phi) is 4.82. The molecule has 4 N–H and O–H groups in total. The molecule has 4 atom stereocenters. The van der Waals surface area contributed by atoms with E-state index in [2.05, 4.69) is 4.98 Å². The van der Waals surface area contributed by atoms with Crippen molar-refractivity contribution in [3.05, 3.63) is 22.7 Å². The molecule has 1 aliphatic heterocycles. The lowest BCUT2D eigenvalue weighted by molar-refractivity contribution is -0.154. The van der Waals surface area contributed by atoms with Gasteiger partial charge in [0.15, 0.2) is 0 Å². The highest BCUT2D eigenvalue weighted by Crippen LogP contribution is 2.30. The molecular weight excluding hydrogens is 288 g/mol. The van der Waals surface area contributed by atoms with Crippen LogP contribution in [0.25, 0.3) is 0 Å². The number of hydrogen-bond acceptors (Lipinski definition) is 7. The standard InChI is InChI=1S/C14H22N4O4/c1-7(2)12(16)13(19)22-9-6-11(21-8(9)3)18-5-4-10(15)17-14(18)20/h4-5,7-9,11-12H,6,16H2,1-3H3,(H2,15,17,20). The number of carbonyl (C=O) groups is 1. The monoisotopic (exact) mass is 310 g/mol. The second kappa shape index (κ2) is 6.45. The third-order valence-electron chi connectivity index (χ3n) is 3.75. The van der Waals surface area contributed by atoms with Gasteiger partial charge in [-0.25, -0.2) is 4.79 Å². The summed E-state index contributed by atoms with van der Waals surface area (Å²) in [7, 11) is 0. The molecule has 0 saturated carbocycles. The quantitative estimate of drug-likeness (QED) is 0.752. The van der Waals surface area contributed by atoms with Gasteiger partial charge in [-0.2, -0.15) is 4.98 Å². The minimum Gasteiger partial charge on any atom is -0.458 e. The topological polar surface area (TPSA) is 122 Å². The van der Waals surface area contributed by atoms with Crippen LogP contribution in [0, 0.1) is 5.92 Å². The van der Waals surface area contributed by atoms with Gasteiger partial charge in [-0.1, -0.05) is 13.8 Å². The van der Waals surface area contributed by atoms with Crippen molar-refractivity contribution in [1.29, 1.82) is 0 Å². The van der Waals surface area contributed by atoms with Gasteiger partial charge in [0.2, 0.25) is 0 Å². The summed E-state index contributed by atoms with van der Waals surface area (Å²) in [5, 5.41) is 0. The molecule has 1 fully saturated rings. The molecule has 122 valence electrons. The van der Waals surface area contributed by atoms with Crippen LogP contribution in [0.1, 0.15) is 33.4 Å². The molecule has 1 aromatic heterocycles. The molecular formula is C14H22N4O4. The molecule has 0 aliphatic carbocycles. The first-order chi connectivity index (χ1) is 10.3. The summed E-state index contributed by atoms with van der Waals surface area (Å²) < 4.78 is 12.4. The van der Waals surface area contributed by atoms with Gasteiger partial charge in [-0.05, 0) is 18.9 Å². The van der Waals surface area contributed by atoms with Gasteiger partial charge in [-0.3, -0.25) is 9.36 Å². The first kappa shape index (κ1) is 16.4. The summed E-state index contributed by atoms with van der Waals surface area (Å²) in [4.78, 5) is 27.4. The van der Waals surface area contributed by atoms with E-state index in [-0.39, 0.29) is 17.8 Å². The van der Waals surface area contributed by atoms with Crippen molar-refractivity contribution in [3.8, 4) is 0 Å². The van der Waals surface area contributed by atoms with E-state index in [0.29, 0.717) is 6.42 Å². The number of nitrogens with zero attached hydrogens (tertiary/aromatic N) is 2. The summed E-state index contributed by atoms with van der Waals surface area (Å²) >= 11 is 0. The van der Waals surface area contributed by atoms with Crippen LogP contribution in [0.2, 0.25) is 0 Å². The van der Waals surface area contributed by atoms with Crippen molar-refractivity contribution >= 4 is 11.8 Å². The summed E-state index contributed by atoms with van der Waals surface area (Å²) in [6.45, 7) is 5.49. The van der Waals surface area contributed by atoms with E-state index in [4.69, 9.17) is 20.9 Å². The number of carbonyl (C=O) groups excluding carboxylic acids is 1. The molecule has 0 radical (unpaired) electrons. The fourth-order valence-corrected chi connectivity index (χ4v) is 2.25. The number of esters is 1. The Morgan fingerprint density at radius 3 is 2.82 bits per heavy atom. The van der Waals surface area contributed by atoms with Crippen molar-refractivity contribution in [2.24, 2.45) is 11.7 Å². The zero-order valence-corrected chi connectivity index (χ0v) is 12.9. The lowest BCUT2D eigenvalue weighted by Crippen LogP contribution is -2.40. The number of hydrogen-bond donors (Lipinski definition) is 2. The minimum atomic E-state index is -0.674. The Morgan fingerprint density at radius 1 is 1.55 bits per heavy atom. The van der Waals surface area contributed by atoms with Crippen LogP contribution in [-0.4, -0.2) is 33.8 Å². The van der Waals surface area contributed by atoms with Gasteiger partial charge >= 0.3 is 11.7 Å². The highest BCUT2D eigenvalue weighted by Gasteiger charge is 2.37. The average molecular weight is 310 g/mol. The molecule has 0 amide bonds. The Hall–Kier alpha value is -1.93. The first-order valence-corrected chi connectivity index (χ1v) is 7.25. The number of ether oxygens (including phenoxy) is 2. The maximum absolute atomic E-state index is 11.9. The number of nitrogens with two attached hydrogens (primary N) is 2. The zero-order chi connectivity index (χ0) is 16.4. The van der Waals surface area contributed by atoms with E-state index in [1.54, 1.807) is 6.92 Å². The minimum absolute atomic E-state index is 0.00941. The largest absolute Gasteiger partial charge is 0.458 e. The van der Waals surface area contributed by atoms with E-state index in [1.165, 1.54) is 16.8 Å². The molecule has 8 nitrogen and oxygen atoms in total. The smallest absolute Gasteiger partial charge is 0.351 e. The Labute approximate surface area is 128 Å². The number of aromatic nitrogens is 2. The van der Waals surface area contributed by atoms with Crippen LogP contribution in [0.4, 0.5) is 5.82 Å². The van der Waals surface area contributed by atoms with Crippen LogP contribution >= 0.6 is 0 Å². The first-order valence-electron chi connectivity index (χ1n) is 7.25. The summed E-state index contributed by atoms with van der Waals surface area (Å²) in [6, 6.07) is 0.843. The van der Waals surface area contributed by atoms with Gasteiger partial charge in [0.1, 0.15) is 24.2 Å². The molecule has 0 aromatic carbocycles. The third kappa shape index (κ3) is 3.45. The highest BCUT2D eigenvalue weighted by molar-refractivity contribution is 5.76. The van der Waals surface area contributed by atoms with Crippen LogP contribution in [0.15, 0.2) is 17.1 Å². The summed E-state index contributed by atoms with van der Waals surface area (Å²) in [5.41, 5.74) is 10.7. The maximum Gasteiger partial charge on any atom is 0.351 e. The van der Waals surface area contributed by atoms with E-state index < -0.39 is 30.0 Å². The molecule has 22 heavy (non-hydrogen) atoms. The van der Waals surface area contributed by atoms with E-state index in [1.807, 2.05) is 13.8 Å². The lowest BCUT2D eigenvalue weighted by Gasteiger charge is -2.19. The van der Waals surface area contributed by atoms with Gasteiger partial charge in [0.25, 0.3) is 0 Å². The van der Waals surface area contributed by atoms with Gasteiger partial charge in [0, 0.05) is 12.6 Å². The molecule has 1 saturated heterocycles. The average Bonchev–Trinajstić information content (AvgIpc) is 2.78. The lowest BCUT2D eigenvalue weighted by atomic mass is 10.1. The van der Waals surface area contributed by atoms with Gasteiger partial charge in [-0.15, -0.1) is 0 Å². The third-order valence-corrected chi connectivity index (χ3v) is 3.75. The molecule has 4 unspecified atom stereocenters. The fraction of sp³-hybridized carbons (Fsp3) is 0.643. The SMILES string of the molecule is CC(C)C(N)C(=O)OC1CC(n2ccc(N)nc2=O)OC1C. The molecule has 0 spiro atoms. The number of nitrogen functional groups attached to an aromatic ring is 1. The maximum atomic E-state index is 11.9. The second-order valence-electron chi connectivity index (χ2n) is 5.82. The summed E-state index contributed by atoms with van der Waals surface area (Å²) in [6.07, 6.45) is 0.559. The molecule has 8 heteroatoms. The van der Waals surface area contributed by atoms with Crippen molar-refractivity contribution in [3.63, 3.8) is 0 Å². The molecule has 2 rings (SSSR count). The van der Waals surface area contributed by atoms with Crippen molar-refractivity contribution in [2.45, 2.75) is 51.7 Å². The Balaban J connectivity index is 2.06. The van der Waals surface area contributed by atoms with Gasteiger partial charge < -0.3 is 20.9 Å².